The molecule has 0 atom stereocenters. The van der Waals surface area contributed by atoms with Crippen LogP contribution in [0.25, 0.3) is 0 Å². The number of esters is 1. The van der Waals surface area contributed by atoms with Crippen molar-refractivity contribution >= 4 is 33.4 Å². The van der Waals surface area contributed by atoms with Gasteiger partial charge in [-0.05, 0) is 36.6 Å². The van der Waals surface area contributed by atoms with E-state index < -0.39 is 22.5 Å². The Hall–Kier alpha value is -3.20. The third kappa shape index (κ3) is 3.86. The summed E-state index contributed by atoms with van der Waals surface area (Å²) >= 11 is 0. The van der Waals surface area contributed by atoms with E-state index in [9.17, 15) is 18.0 Å². The first-order chi connectivity index (χ1) is 14.0. The molecular weight excluding hydrogens is 394 g/mol. The number of amides is 1. The molecule has 0 spiro atoms. The van der Waals surface area contributed by atoms with Gasteiger partial charge in [0.25, 0.3) is 15.9 Å². The van der Waals surface area contributed by atoms with Gasteiger partial charge in [-0.15, -0.1) is 0 Å². The molecule has 8 nitrogen and oxygen atoms in total. The maximum absolute atomic E-state index is 12.5. The number of hydrogen-bond acceptors (Lipinski definition) is 6. The van der Waals surface area contributed by atoms with E-state index >= 15 is 0 Å². The Morgan fingerprint density at radius 1 is 1.10 bits per heavy atom. The average Bonchev–Trinajstić information content (AvgIpc) is 3.00. The predicted octanol–water partition coefficient (Wildman–Crippen LogP) is 1.25. The summed E-state index contributed by atoms with van der Waals surface area (Å²) in [5, 5.41) is 0. The number of hydrogen-bond donors (Lipinski definition) is 1. The van der Waals surface area contributed by atoms with Crippen molar-refractivity contribution < 1.29 is 22.7 Å². The third-order valence-electron chi connectivity index (χ3n) is 4.80. The monoisotopic (exact) mass is 413 g/mol. The Kier molecular flexibility index (Phi) is 5.06. The number of anilines is 1. The molecule has 0 unspecified atom stereocenters. The number of ether oxygens (including phenoxy) is 1. The van der Waals surface area contributed by atoms with Crippen LogP contribution in [-0.2, 0) is 30.8 Å². The molecule has 1 amide bonds. The minimum atomic E-state index is -3.67. The normalized spacial score (nSPS) is 17.9. The first-order valence-corrected chi connectivity index (χ1v) is 10.6. The van der Waals surface area contributed by atoms with Gasteiger partial charge in [0.05, 0.1) is 4.90 Å². The van der Waals surface area contributed by atoms with Crippen LogP contribution >= 0.6 is 0 Å². The quantitative estimate of drug-likeness (QED) is 0.760. The smallest absolute Gasteiger partial charge is 0.328 e. The highest BCUT2D eigenvalue weighted by molar-refractivity contribution is 7.90. The molecule has 150 valence electrons. The van der Waals surface area contributed by atoms with Crippen molar-refractivity contribution in [2.24, 2.45) is 4.99 Å². The molecule has 2 aromatic rings. The number of carbonyl (C=O) groups is 2. The molecular formula is C20H19N3O5S. The Morgan fingerprint density at radius 2 is 1.86 bits per heavy atom. The third-order valence-corrected chi connectivity index (χ3v) is 6.19. The largest absolute Gasteiger partial charge is 0.454 e. The van der Waals surface area contributed by atoms with E-state index in [1.807, 2.05) is 24.3 Å². The molecule has 0 fully saturated rings. The van der Waals surface area contributed by atoms with Crippen LogP contribution in [-0.4, -0.2) is 45.8 Å². The fourth-order valence-electron chi connectivity index (χ4n) is 3.45. The fourth-order valence-corrected chi connectivity index (χ4v) is 4.70. The SMILES string of the molecule is O=C(CN=C1NS(=O)(=O)c2ccccc21)OCC(=O)N1CCCc2ccccc21. The number of carbonyl (C=O) groups excluding carboxylic acids is 2. The molecule has 0 saturated heterocycles. The summed E-state index contributed by atoms with van der Waals surface area (Å²) in [6, 6.07) is 14.0. The van der Waals surface area contributed by atoms with Crippen molar-refractivity contribution in [1.82, 2.24) is 4.72 Å². The Bertz CT molecular complexity index is 1110. The van der Waals surface area contributed by atoms with Crippen molar-refractivity contribution in [1.29, 1.82) is 0 Å². The molecule has 1 N–H and O–H groups in total. The van der Waals surface area contributed by atoms with E-state index in [1.54, 1.807) is 23.1 Å². The van der Waals surface area contributed by atoms with Crippen LogP contribution in [0.1, 0.15) is 17.5 Å². The van der Waals surface area contributed by atoms with Gasteiger partial charge >= 0.3 is 5.97 Å². The summed E-state index contributed by atoms with van der Waals surface area (Å²) in [5.41, 5.74) is 2.34. The van der Waals surface area contributed by atoms with E-state index in [4.69, 9.17) is 4.74 Å². The first kappa shape index (κ1) is 19.1. The minimum Gasteiger partial charge on any atom is -0.454 e. The van der Waals surface area contributed by atoms with Crippen LogP contribution < -0.4 is 9.62 Å². The van der Waals surface area contributed by atoms with Gasteiger partial charge in [0.15, 0.2) is 6.61 Å². The molecule has 0 bridgehead atoms. The maximum Gasteiger partial charge on any atom is 0.328 e. The number of amidine groups is 1. The van der Waals surface area contributed by atoms with Crippen molar-refractivity contribution in [2.45, 2.75) is 17.7 Å². The number of nitrogens with one attached hydrogen (secondary N) is 1. The van der Waals surface area contributed by atoms with Gasteiger partial charge < -0.3 is 9.64 Å². The summed E-state index contributed by atoms with van der Waals surface area (Å²) in [7, 11) is -3.67. The summed E-state index contributed by atoms with van der Waals surface area (Å²) in [6.07, 6.45) is 1.76. The number of rotatable bonds is 4. The van der Waals surface area contributed by atoms with E-state index in [-0.39, 0.29) is 23.2 Å². The lowest BCUT2D eigenvalue weighted by Crippen LogP contribution is -2.38. The van der Waals surface area contributed by atoms with E-state index in [1.165, 1.54) is 6.07 Å². The molecule has 0 radical (unpaired) electrons. The number of nitrogens with zero attached hydrogens (tertiary/aromatic N) is 2. The summed E-state index contributed by atoms with van der Waals surface area (Å²) < 4.78 is 31.5. The Morgan fingerprint density at radius 3 is 2.72 bits per heavy atom. The highest BCUT2D eigenvalue weighted by atomic mass is 32.2. The van der Waals surface area contributed by atoms with Gasteiger partial charge in [0.2, 0.25) is 0 Å². The number of benzene rings is 2. The lowest BCUT2D eigenvalue weighted by Gasteiger charge is -2.29. The molecule has 2 heterocycles. The van der Waals surface area contributed by atoms with Crippen LogP contribution in [0.5, 0.6) is 0 Å². The molecule has 0 aromatic heterocycles. The summed E-state index contributed by atoms with van der Waals surface area (Å²) in [6.45, 7) is -0.204. The van der Waals surface area contributed by atoms with Gasteiger partial charge in [0.1, 0.15) is 12.4 Å². The minimum absolute atomic E-state index is 0.0915. The topological polar surface area (TPSA) is 105 Å². The van der Waals surface area contributed by atoms with Gasteiger partial charge in [0, 0.05) is 17.8 Å². The van der Waals surface area contributed by atoms with Crippen LogP contribution in [0.15, 0.2) is 58.4 Å². The van der Waals surface area contributed by atoms with Crippen molar-refractivity contribution in [2.75, 3.05) is 24.6 Å². The Balaban J connectivity index is 1.37. The predicted molar refractivity (Wildman–Crippen MR) is 106 cm³/mol. The number of aryl methyl sites for hydroxylation is 1. The number of sulfonamides is 1. The standard InChI is InChI=1S/C20H19N3O5S/c24-18(23-11-5-7-14-6-1-3-9-16(14)23)13-28-19(25)12-21-20-15-8-2-4-10-17(15)29(26,27)22-20/h1-4,6,8-10H,5,7,11-13H2,(H,21,22). The van der Waals surface area contributed by atoms with Crippen LogP contribution in [0.2, 0.25) is 0 Å². The number of fused-ring (bicyclic) bond motifs is 2. The van der Waals surface area contributed by atoms with Crippen LogP contribution in [0.3, 0.4) is 0 Å². The summed E-state index contributed by atoms with van der Waals surface area (Å²) in [5.74, 6) is -0.918. The highest BCUT2D eigenvalue weighted by Gasteiger charge is 2.30. The second-order valence-corrected chi connectivity index (χ2v) is 8.36. The zero-order chi connectivity index (χ0) is 20.4. The highest BCUT2D eigenvalue weighted by Crippen LogP contribution is 2.26. The van der Waals surface area contributed by atoms with Gasteiger partial charge in [-0.1, -0.05) is 30.3 Å². The van der Waals surface area contributed by atoms with Crippen LogP contribution in [0.4, 0.5) is 5.69 Å². The fraction of sp³-hybridized carbons (Fsp3) is 0.250. The molecule has 2 aromatic carbocycles. The second kappa shape index (κ2) is 7.67. The molecule has 2 aliphatic rings. The van der Waals surface area contributed by atoms with Crippen molar-refractivity contribution in [3.05, 3.63) is 59.7 Å². The maximum atomic E-state index is 12.5. The average molecular weight is 413 g/mol. The molecule has 9 heteroatoms. The molecule has 0 aliphatic carbocycles. The van der Waals surface area contributed by atoms with E-state index in [0.29, 0.717) is 12.1 Å². The first-order valence-electron chi connectivity index (χ1n) is 9.16. The lowest BCUT2D eigenvalue weighted by atomic mass is 10.0. The molecule has 29 heavy (non-hydrogen) atoms. The number of aliphatic imine (C=N–C) groups is 1. The Labute approximate surface area is 168 Å². The van der Waals surface area contributed by atoms with E-state index in [0.717, 1.165) is 24.1 Å². The molecule has 0 saturated carbocycles. The summed E-state index contributed by atoms with van der Waals surface area (Å²) in [4.78, 5) is 30.3. The molecule has 4 rings (SSSR count). The van der Waals surface area contributed by atoms with Gasteiger partial charge in [-0.2, -0.15) is 0 Å². The van der Waals surface area contributed by atoms with E-state index in [2.05, 4.69) is 9.71 Å². The van der Waals surface area contributed by atoms with Gasteiger partial charge in [-0.3, -0.25) is 19.3 Å². The molecule has 2 aliphatic heterocycles. The van der Waals surface area contributed by atoms with Crippen molar-refractivity contribution in [3.63, 3.8) is 0 Å². The second-order valence-electron chi connectivity index (χ2n) is 6.70. The lowest BCUT2D eigenvalue weighted by molar-refractivity contribution is -0.146. The van der Waals surface area contributed by atoms with Gasteiger partial charge in [-0.25, -0.2) is 8.42 Å². The van der Waals surface area contributed by atoms with Crippen molar-refractivity contribution in [3.8, 4) is 0 Å². The number of para-hydroxylation sites is 1. The zero-order valence-electron chi connectivity index (χ0n) is 15.5. The zero-order valence-corrected chi connectivity index (χ0v) is 16.3. The van der Waals surface area contributed by atoms with Crippen LogP contribution in [0, 0.1) is 0 Å².